The molecule has 0 aliphatic rings. The number of aliphatic hydroxyl groups is 1. The first-order valence-corrected chi connectivity index (χ1v) is 10.4. The van der Waals surface area contributed by atoms with Gasteiger partial charge in [-0.1, -0.05) is 36.4 Å². The van der Waals surface area contributed by atoms with E-state index in [0.29, 0.717) is 22.4 Å². The Morgan fingerprint density at radius 1 is 1.03 bits per heavy atom. The summed E-state index contributed by atoms with van der Waals surface area (Å²) in [4.78, 5) is 35.9. The molecule has 2 aromatic rings. The van der Waals surface area contributed by atoms with Crippen LogP contribution in [0.15, 0.2) is 42.5 Å². The highest BCUT2D eigenvalue weighted by atomic mass is 16.6. The van der Waals surface area contributed by atoms with E-state index in [9.17, 15) is 24.6 Å². The molecule has 0 aliphatic carbocycles. The van der Waals surface area contributed by atoms with Crippen molar-refractivity contribution in [3.8, 4) is 0 Å². The Bertz CT molecular complexity index is 984. The maximum Gasteiger partial charge on any atom is 0.412 e. The van der Waals surface area contributed by atoms with Crippen LogP contribution in [0.1, 0.15) is 43.0 Å². The molecule has 2 amide bonds. The summed E-state index contributed by atoms with van der Waals surface area (Å²) in [5.41, 5.74) is 2.10. The molecule has 2 rings (SSSR count). The summed E-state index contributed by atoms with van der Waals surface area (Å²) in [6.45, 7) is 6.58. The van der Waals surface area contributed by atoms with Crippen molar-refractivity contribution in [3.05, 3.63) is 64.7 Å². The summed E-state index contributed by atoms with van der Waals surface area (Å²) in [7, 11) is 0. The van der Waals surface area contributed by atoms with Gasteiger partial charge in [0.1, 0.15) is 18.2 Å². The van der Waals surface area contributed by atoms with E-state index in [1.54, 1.807) is 64.1 Å². The number of aliphatic carboxylic acids is 1. The highest BCUT2D eigenvalue weighted by Gasteiger charge is 2.24. The van der Waals surface area contributed by atoms with Gasteiger partial charge in [-0.2, -0.15) is 0 Å². The Balaban J connectivity index is 2.10. The number of anilines is 1. The molecule has 0 spiro atoms. The lowest BCUT2D eigenvalue weighted by Gasteiger charge is -2.21. The van der Waals surface area contributed by atoms with Gasteiger partial charge in [0.25, 0.3) is 0 Å². The van der Waals surface area contributed by atoms with E-state index in [0.717, 1.165) is 5.56 Å². The molecule has 0 saturated heterocycles. The lowest BCUT2D eigenvalue weighted by atomic mass is 9.97. The van der Waals surface area contributed by atoms with Crippen molar-refractivity contribution in [1.82, 2.24) is 5.32 Å². The summed E-state index contributed by atoms with van der Waals surface area (Å²) < 4.78 is 10.3. The van der Waals surface area contributed by atoms with Crippen LogP contribution in [-0.4, -0.2) is 40.0 Å². The summed E-state index contributed by atoms with van der Waals surface area (Å²) in [5.74, 6) is -1.25. The SMILES string of the molecule is Cc1cc(C[C@@H](NC(=O)OCc2ccccc2)C(=O)O)c(CO)cc1NC(=O)OC(C)(C)C. The Morgan fingerprint density at radius 2 is 1.70 bits per heavy atom. The number of rotatable bonds is 8. The molecule has 0 aromatic heterocycles. The largest absolute Gasteiger partial charge is 0.480 e. The fraction of sp³-hybridized carbons (Fsp3) is 0.375. The number of carboxylic acid groups (broad SMARTS) is 1. The quantitative estimate of drug-likeness (QED) is 0.473. The summed E-state index contributed by atoms with van der Waals surface area (Å²) >= 11 is 0. The number of alkyl carbamates (subject to hydrolysis) is 1. The molecule has 9 heteroatoms. The van der Waals surface area contributed by atoms with E-state index < -0.39 is 29.8 Å². The van der Waals surface area contributed by atoms with Crippen LogP contribution in [0.2, 0.25) is 0 Å². The van der Waals surface area contributed by atoms with E-state index in [2.05, 4.69) is 10.6 Å². The molecular formula is C24H30N2O7. The normalized spacial score (nSPS) is 11.9. The van der Waals surface area contributed by atoms with Gasteiger partial charge in [0, 0.05) is 12.1 Å². The molecule has 9 nitrogen and oxygen atoms in total. The molecule has 178 valence electrons. The second-order valence-corrected chi connectivity index (χ2v) is 8.52. The second kappa shape index (κ2) is 11.3. The Morgan fingerprint density at radius 3 is 2.27 bits per heavy atom. The van der Waals surface area contributed by atoms with Crippen LogP contribution in [0.4, 0.5) is 15.3 Å². The number of hydrogen-bond acceptors (Lipinski definition) is 6. The van der Waals surface area contributed by atoms with Crippen molar-refractivity contribution in [3.63, 3.8) is 0 Å². The minimum atomic E-state index is -1.28. The van der Waals surface area contributed by atoms with E-state index in [-0.39, 0.29) is 19.6 Å². The topological polar surface area (TPSA) is 134 Å². The number of carbonyl (C=O) groups excluding carboxylic acids is 2. The number of carbonyl (C=O) groups is 3. The van der Waals surface area contributed by atoms with Crippen molar-refractivity contribution in [2.75, 3.05) is 5.32 Å². The summed E-state index contributed by atoms with van der Waals surface area (Å²) in [5, 5.41) is 24.3. The van der Waals surface area contributed by atoms with Crippen molar-refractivity contribution >= 4 is 23.8 Å². The maximum absolute atomic E-state index is 12.1. The molecule has 0 radical (unpaired) electrons. The number of carboxylic acids is 1. The van der Waals surface area contributed by atoms with E-state index in [1.165, 1.54) is 0 Å². The predicted molar refractivity (Wildman–Crippen MR) is 122 cm³/mol. The first-order valence-electron chi connectivity index (χ1n) is 10.4. The Labute approximate surface area is 192 Å². The molecule has 2 aromatic carbocycles. The van der Waals surface area contributed by atoms with Gasteiger partial charge in [-0.3, -0.25) is 5.32 Å². The first-order chi connectivity index (χ1) is 15.5. The Hall–Kier alpha value is -3.59. The third kappa shape index (κ3) is 8.46. The van der Waals surface area contributed by atoms with Crippen molar-refractivity contribution < 1.29 is 34.1 Å². The van der Waals surface area contributed by atoms with Gasteiger partial charge in [0.2, 0.25) is 0 Å². The molecular weight excluding hydrogens is 428 g/mol. The second-order valence-electron chi connectivity index (χ2n) is 8.52. The maximum atomic E-state index is 12.1. The monoisotopic (exact) mass is 458 g/mol. The molecule has 0 fully saturated rings. The number of hydrogen-bond donors (Lipinski definition) is 4. The fourth-order valence-electron chi connectivity index (χ4n) is 3.03. The van der Waals surface area contributed by atoms with E-state index in [4.69, 9.17) is 9.47 Å². The molecule has 0 unspecified atom stereocenters. The number of aliphatic hydroxyl groups excluding tert-OH is 1. The minimum Gasteiger partial charge on any atom is -0.480 e. The van der Waals surface area contributed by atoms with E-state index >= 15 is 0 Å². The van der Waals surface area contributed by atoms with Crippen LogP contribution in [0.3, 0.4) is 0 Å². The molecule has 0 saturated carbocycles. The zero-order chi connectivity index (χ0) is 24.6. The average molecular weight is 459 g/mol. The first kappa shape index (κ1) is 25.7. The lowest BCUT2D eigenvalue weighted by Crippen LogP contribution is -2.42. The third-order valence-electron chi connectivity index (χ3n) is 4.58. The Kier molecular flexibility index (Phi) is 8.81. The number of benzene rings is 2. The molecule has 0 aliphatic heterocycles. The zero-order valence-corrected chi connectivity index (χ0v) is 19.2. The fourth-order valence-corrected chi connectivity index (χ4v) is 3.03. The highest BCUT2D eigenvalue weighted by molar-refractivity contribution is 5.86. The standard InChI is InChI=1S/C24H30N2O7/c1-15-10-17(18(13-27)12-19(15)25-23(31)33-24(2,3)4)11-20(21(28)29)26-22(30)32-14-16-8-6-5-7-9-16/h5-10,12,20,27H,11,13-14H2,1-4H3,(H,25,31)(H,26,30)(H,28,29)/t20-/m1/s1. The van der Waals surface area contributed by atoms with Crippen molar-refractivity contribution in [2.24, 2.45) is 0 Å². The number of nitrogens with one attached hydrogen (secondary N) is 2. The predicted octanol–water partition coefficient (Wildman–Crippen LogP) is 3.76. The van der Waals surface area contributed by atoms with Crippen LogP contribution in [0.5, 0.6) is 0 Å². The highest BCUT2D eigenvalue weighted by Crippen LogP contribution is 2.23. The number of ether oxygens (including phenoxy) is 2. The zero-order valence-electron chi connectivity index (χ0n) is 19.2. The van der Waals surface area contributed by atoms with Crippen LogP contribution < -0.4 is 10.6 Å². The smallest absolute Gasteiger partial charge is 0.412 e. The minimum absolute atomic E-state index is 0.00500. The molecule has 33 heavy (non-hydrogen) atoms. The molecule has 0 bridgehead atoms. The van der Waals surface area contributed by atoms with Gasteiger partial charge in [-0.05, 0) is 56.0 Å². The van der Waals surface area contributed by atoms with Gasteiger partial charge in [-0.25, -0.2) is 14.4 Å². The van der Waals surface area contributed by atoms with Crippen LogP contribution in [-0.2, 0) is 33.9 Å². The molecule has 1 atom stereocenters. The summed E-state index contributed by atoms with van der Waals surface area (Å²) in [6.07, 6.45) is -1.59. The van der Waals surface area contributed by atoms with Crippen LogP contribution >= 0.6 is 0 Å². The van der Waals surface area contributed by atoms with Gasteiger partial charge in [0.15, 0.2) is 0 Å². The van der Waals surface area contributed by atoms with Gasteiger partial charge in [0.05, 0.1) is 6.61 Å². The number of amides is 2. The molecule has 0 heterocycles. The van der Waals surface area contributed by atoms with Gasteiger partial charge in [-0.15, -0.1) is 0 Å². The number of aryl methyl sites for hydroxylation is 1. The van der Waals surface area contributed by atoms with Gasteiger partial charge < -0.3 is 25.0 Å². The molecule has 4 N–H and O–H groups in total. The van der Waals surface area contributed by atoms with E-state index in [1.807, 2.05) is 6.07 Å². The van der Waals surface area contributed by atoms with Crippen LogP contribution in [0.25, 0.3) is 0 Å². The van der Waals surface area contributed by atoms with Crippen molar-refractivity contribution in [2.45, 2.75) is 59.0 Å². The van der Waals surface area contributed by atoms with Crippen molar-refractivity contribution in [1.29, 1.82) is 0 Å². The van der Waals surface area contributed by atoms with Crippen LogP contribution in [0, 0.1) is 6.92 Å². The average Bonchev–Trinajstić information content (AvgIpc) is 2.73. The lowest BCUT2D eigenvalue weighted by molar-refractivity contribution is -0.139. The summed E-state index contributed by atoms with van der Waals surface area (Å²) in [6, 6.07) is 10.9. The van der Waals surface area contributed by atoms with Gasteiger partial charge >= 0.3 is 18.2 Å². The third-order valence-corrected chi connectivity index (χ3v) is 4.58.